The van der Waals surface area contributed by atoms with E-state index in [0.717, 1.165) is 18.9 Å². The van der Waals surface area contributed by atoms with E-state index in [9.17, 15) is 0 Å². The molecule has 76 valence electrons. The Balaban J connectivity index is 1.77. The molecule has 0 amide bonds. The zero-order valence-corrected chi connectivity index (χ0v) is 8.02. The van der Waals surface area contributed by atoms with Crippen molar-refractivity contribution in [2.24, 2.45) is 5.92 Å². The Morgan fingerprint density at radius 3 is 2.79 bits per heavy atom. The van der Waals surface area contributed by atoms with Crippen molar-refractivity contribution < 1.29 is 9.84 Å². The van der Waals surface area contributed by atoms with Crippen molar-refractivity contribution in [2.75, 3.05) is 6.61 Å². The third-order valence-electron chi connectivity index (χ3n) is 2.33. The second-order valence-corrected chi connectivity index (χ2v) is 3.60. The van der Waals surface area contributed by atoms with Crippen LogP contribution in [0.3, 0.4) is 0 Å². The van der Waals surface area contributed by atoms with Crippen LogP contribution in [0.4, 0.5) is 0 Å². The third-order valence-corrected chi connectivity index (χ3v) is 2.33. The molecule has 1 fully saturated rings. The number of aliphatic hydroxyl groups excluding tert-OH is 1. The normalized spacial score (nSPS) is 15.5. The van der Waals surface area contributed by atoms with Gasteiger partial charge in [0.2, 0.25) is 5.88 Å². The molecule has 0 saturated heterocycles. The van der Waals surface area contributed by atoms with Gasteiger partial charge in [0.1, 0.15) is 0 Å². The maximum absolute atomic E-state index is 8.74. The fourth-order valence-corrected chi connectivity index (χ4v) is 1.25. The molecule has 1 aromatic rings. The zero-order chi connectivity index (χ0) is 9.80. The van der Waals surface area contributed by atoms with Crippen molar-refractivity contribution in [3.63, 3.8) is 0 Å². The maximum atomic E-state index is 8.74. The average Bonchev–Trinajstić information content (AvgIpc) is 3.03. The number of ether oxygens (including phenoxy) is 1. The first-order valence-corrected chi connectivity index (χ1v) is 4.95. The average molecular weight is 194 g/mol. The summed E-state index contributed by atoms with van der Waals surface area (Å²) in [6.07, 6.45) is 3.81. The number of hydrogen-bond donors (Lipinski definition) is 1. The minimum atomic E-state index is -0.0741. The summed E-state index contributed by atoms with van der Waals surface area (Å²) in [5, 5.41) is 16.4. The lowest BCUT2D eigenvalue weighted by Crippen LogP contribution is -2.01. The van der Waals surface area contributed by atoms with Crippen LogP contribution in [0.2, 0.25) is 0 Å². The monoisotopic (exact) mass is 194 g/mol. The smallest absolute Gasteiger partial charge is 0.233 e. The predicted molar refractivity (Wildman–Crippen MR) is 50.8 cm³/mol. The van der Waals surface area contributed by atoms with Gasteiger partial charge >= 0.3 is 0 Å². The van der Waals surface area contributed by atoms with E-state index in [-0.39, 0.29) is 6.61 Å². The Labute approximate surface area is 82.9 Å². The van der Waals surface area contributed by atoms with E-state index in [1.165, 1.54) is 12.8 Å². The fourth-order valence-electron chi connectivity index (χ4n) is 1.25. The van der Waals surface area contributed by atoms with Crippen LogP contribution in [-0.4, -0.2) is 21.9 Å². The first-order valence-electron chi connectivity index (χ1n) is 4.95. The molecule has 0 spiro atoms. The molecular formula is C10H14N2O2. The minimum Gasteiger partial charge on any atom is -0.477 e. The molecule has 14 heavy (non-hydrogen) atoms. The zero-order valence-electron chi connectivity index (χ0n) is 8.02. The van der Waals surface area contributed by atoms with Crippen molar-refractivity contribution >= 4 is 0 Å². The highest BCUT2D eigenvalue weighted by Crippen LogP contribution is 2.32. The van der Waals surface area contributed by atoms with Gasteiger partial charge < -0.3 is 9.84 Å². The second kappa shape index (κ2) is 4.37. The van der Waals surface area contributed by atoms with Gasteiger partial charge in [-0.2, -0.15) is 0 Å². The Kier molecular flexibility index (Phi) is 2.93. The molecule has 0 bridgehead atoms. The summed E-state index contributed by atoms with van der Waals surface area (Å²) in [4.78, 5) is 0. The van der Waals surface area contributed by atoms with Crippen LogP contribution in [0.5, 0.6) is 5.88 Å². The van der Waals surface area contributed by atoms with E-state index >= 15 is 0 Å². The predicted octanol–water partition coefficient (Wildman–Crippen LogP) is 1.15. The van der Waals surface area contributed by atoms with Crippen molar-refractivity contribution in [3.05, 3.63) is 17.8 Å². The summed E-state index contributed by atoms with van der Waals surface area (Å²) in [7, 11) is 0. The van der Waals surface area contributed by atoms with Gasteiger partial charge in [-0.3, -0.25) is 0 Å². The molecule has 4 heteroatoms. The van der Waals surface area contributed by atoms with Gasteiger partial charge in [0, 0.05) is 6.07 Å². The van der Waals surface area contributed by atoms with Gasteiger partial charge in [-0.05, 0) is 18.4 Å². The summed E-state index contributed by atoms with van der Waals surface area (Å²) < 4.78 is 5.40. The highest BCUT2D eigenvalue weighted by atomic mass is 16.5. The van der Waals surface area contributed by atoms with E-state index in [2.05, 4.69) is 10.2 Å². The molecule has 2 rings (SSSR count). The summed E-state index contributed by atoms with van der Waals surface area (Å²) >= 11 is 0. The lowest BCUT2D eigenvalue weighted by Gasteiger charge is -2.03. The number of rotatable bonds is 5. The Morgan fingerprint density at radius 2 is 2.21 bits per heavy atom. The molecule has 1 saturated carbocycles. The topological polar surface area (TPSA) is 55.2 Å². The van der Waals surface area contributed by atoms with Crippen LogP contribution in [0, 0.1) is 5.92 Å². The van der Waals surface area contributed by atoms with E-state index in [0.29, 0.717) is 11.6 Å². The molecule has 0 atom stereocenters. The Hall–Kier alpha value is -1.16. The van der Waals surface area contributed by atoms with Crippen LogP contribution in [-0.2, 0) is 6.61 Å². The molecule has 4 nitrogen and oxygen atoms in total. The first-order chi connectivity index (χ1) is 6.88. The van der Waals surface area contributed by atoms with E-state index in [1.54, 1.807) is 12.1 Å². The van der Waals surface area contributed by atoms with Crippen molar-refractivity contribution in [2.45, 2.75) is 25.9 Å². The summed E-state index contributed by atoms with van der Waals surface area (Å²) in [6, 6.07) is 3.46. The molecule has 0 aromatic carbocycles. The maximum Gasteiger partial charge on any atom is 0.233 e. The summed E-state index contributed by atoms with van der Waals surface area (Å²) in [6.45, 7) is 0.646. The summed E-state index contributed by atoms with van der Waals surface area (Å²) in [5.41, 5.74) is 0.569. The quantitative estimate of drug-likeness (QED) is 0.763. The van der Waals surface area contributed by atoms with Gasteiger partial charge in [0.05, 0.1) is 18.9 Å². The number of aliphatic hydroxyl groups is 1. The van der Waals surface area contributed by atoms with Gasteiger partial charge in [-0.1, -0.05) is 12.8 Å². The first kappa shape index (κ1) is 9.40. The number of hydrogen-bond acceptors (Lipinski definition) is 4. The minimum absolute atomic E-state index is 0.0741. The van der Waals surface area contributed by atoms with Crippen molar-refractivity contribution in [1.82, 2.24) is 10.2 Å². The van der Waals surface area contributed by atoms with E-state index in [1.807, 2.05) is 0 Å². The number of aromatic nitrogens is 2. The van der Waals surface area contributed by atoms with Crippen molar-refractivity contribution in [3.8, 4) is 5.88 Å². The van der Waals surface area contributed by atoms with Crippen LogP contribution >= 0.6 is 0 Å². The lowest BCUT2D eigenvalue weighted by molar-refractivity contribution is 0.269. The Bertz CT molecular complexity index is 283. The number of nitrogens with zero attached hydrogens (tertiary/aromatic N) is 2. The highest BCUT2D eigenvalue weighted by molar-refractivity contribution is 5.10. The molecule has 1 N–H and O–H groups in total. The largest absolute Gasteiger partial charge is 0.477 e. The standard InChI is InChI=1S/C10H14N2O2/c13-7-9-3-4-10(12-11-9)14-6-5-8-1-2-8/h3-4,8,13H,1-2,5-7H2. The van der Waals surface area contributed by atoms with Gasteiger partial charge in [0.25, 0.3) is 0 Å². The second-order valence-electron chi connectivity index (χ2n) is 3.60. The molecule has 0 aliphatic heterocycles. The van der Waals surface area contributed by atoms with Crippen molar-refractivity contribution in [1.29, 1.82) is 0 Å². The third kappa shape index (κ3) is 2.67. The molecule has 0 radical (unpaired) electrons. The van der Waals surface area contributed by atoms with Crippen LogP contribution < -0.4 is 4.74 Å². The van der Waals surface area contributed by atoms with E-state index < -0.39 is 0 Å². The molecule has 1 aliphatic rings. The van der Waals surface area contributed by atoms with E-state index in [4.69, 9.17) is 9.84 Å². The molecule has 1 aromatic heterocycles. The molecule has 1 aliphatic carbocycles. The molecule has 0 unspecified atom stereocenters. The van der Waals surface area contributed by atoms with Gasteiger partial charge in [-0.15, -0.1) is 10.2 Å². The lowest BCUT2D eigenvalue weighted by atomic mass is 10.3. The highest BCUT2D eigenvalue weighted by Gasteiger charge is 2.20. The molecule has 1 heterocycles. The van der Waals surface area contributed by atoms with Crippen LogP contribution in [0.15, 0.2) is 12.1 Å². The molecular weight excluding hydrogens is 180 g/mol. The summed E-state index contributed by atoms with van der Waals surface area (Å²) in [5.74, 6) is 1.42. The van der Waals surface area contributed by atoms with Gasteiger partial charge in [-0.25, -0.2) is 0 Å². The fraction of sp³-hybridized carbons (Fsp3) is 0.600. The SMILES string of the molecule is OCc1ccc(OCCC2CC2)nn1. The van der Waals surface area contributed by atoms with Crippen LogP contribution in [0.1, 0.15) is 25.0 Å². The Morgan fingerprint density at radius 1 is 1.36 bits per heavy atom. The van der Waals surface area contributed by atoms with Crippen LogP contribution in [0.25, 0.3) is 0 Å². The van der Waals surface area contributed by atoms with Gasteiger partial charge in [0.15, 0.2) is 0 Å².